The third kappa shape index (κ3) is 5.88. The number of aryl methyl sites for hydroxylation is 2. The number of hydrogen-bond donors (Lipinski definition) is 0. The van der Waals surface area contributed by atoms with Crippen LogP contribution in [-0.4, -0.2) is 31.9 Å². The summed E-state index contributed by atoms with van der Waals surface area (Å²) < 4.78 is 17.3. The van der Waals surface area contributed by atoms with Crippen LogP contribution in [0.3, 0.4) is 0 Å². The monoisotopic (exact) mass is 486 g/mol. The number of benzene rings is 3. The summed E-state index contributed by atoms with van der Waals surface area (Å²) in [5.41, 5.74) is 10.2. The van der Waals surface area contributed by atoms with Gasteiger partial charge in [-0.25, -0.2) is 4.79 Å². The molecule has 0 N–H and O–H groups in total. The lowest BCUT2D eigenvalue weighted by Gasteiger charge is -2.17. The predicted octanol–water partition coefficient (Wildman–Crippen LogP) is 6.65. The minimum atomic E-state index is -0.562. The normalized spacial score (nSPS) is 13.3. The van der Waals surface area contributed by atoms with Crippen LogP contribution in [0.4, 0.5) is 0 Å². The second kappa shape index (κ2) is 12.3. The summed E-state index contributed by atoms with van der Waals surface area (Å²) in [6.45, 7) is 9.58. The Morgan fingerprint density at radius 1 is 0.750 bits per heavy atom. The van der Waals surface area contributed by atoms with Gasteiger partial charge in [0.1, 0.15) is 6.10 Å². The lowest BCUT2D eigenvalue weighted by molar-refractivity contribution is -0.156. The fraction of sp³-hybridized carbons (Fsp3) is 0.406. The Bertz CT molecular complexity index is 1110. The van der Waals surface area contributed by atoms with E-state index >= 15 is 0 Å². The first-order chi connectivity index (χ1) is 17.6. The van der Waals surface area contributed by atoms with Gasteiger partial charge >= 0.3 is 5.97 Å². The van der Waals surface area contributed by atoms with Crippen molar-refractivity contribution in [3.8, 4) is 11.1 Å². The second-order valence-corrected chi connectivity index (χ2v) is 9.27. The smallest absolute Gasteiger partial charge is 0.335 e. The van der Waals surface area contributed by atoms with Crippen LogP contribution in [0, 0.1) is 0 Å². The van der Waals surface area contributed by atoms with Crippen LogP contribution in [0.15, 0.2) is 60.7 Å². The molecule has 1 atom stereocenters. The summed E-state index contributed by atoms with van der Waals surface area (Å²) in [5, 5.41) is 0. The molecular weight excluding hydrogens is 448 g/mol. The minimum absolute atomic E-state index is 0.0254. The maximum absolute atomic E-state index is 12.2. The highest BCUT2D eigenvalue weighted by Gasteiger charge is 2.29. The van der Waals surface area contributed by atoms with E-state index in [0.29, 0.717) is 26.2 Å². The maximum atomic E-state index is 12.2. The third-order valence-corrected chi connectivity index (χ3v) is 6.94. The van der Waals surface area contributed by atoms with Crippen molar-refractivity contribution in [3.63, 3.8) is 0 Å². The van der Waals surface area contributed by atoms with E-state index in [2.05, 4.69) is 74.5 Å². The molecule has 0 aliphatic heterocycles. The van der Waals surface area contributed by atoms with E-state index < -0.39 is 6.10 Å². The molecule has 0 saturated heterocycles. The zero-order valence-electron chi connectivity index (χ0n) is 22.0. The quantitative estimate of drug-likeness (QED) is 0.269. The molecule has 4 rings (SSSR count). The van der Waals surface area contributed by atoms with Crippen molar-refractivity contribution in [3.05, 3.63) is 94.0 Å². The van der Waals surface area contributed by atoms with Crippen LogP contribution in [0.1, 0.15) is 67.2 Å². The average Bonchev–Trinajstić information content (AvgIpc) is 3.21. The summed E-state index contributed by atoms with van der Waals surface area (Å²) in [6.07, 6.45) is 2.81. The fourth-order valence-corrected chi connectivity index (χ4v) is 4.91. The zero-order valence-corrected chi connectivity index (χ0v) is 22.0. The number of rotatable bonds is 12. The molecule has 1 unspecified atom stereocenters. The number of carbonyl (C=O) groups excluding carboxylic acids is 1. The SMILES string of the molecule is CCOC(=O)C(Cc1ccc(CCOC2c3ccc(CC)cc3-c3cc(CC)ccc32)cc1)OCC. The molecular formula is C32H38O4. The Labute approximate surface area is 215 Å². The molecule has 3 aromatic carbocycles. The van der Waals surface area contributed by atoms with Crippen LogP contribution in [0.25, 0.3) is 11.1 Å². The molecule has 0 amide bonds. The molecule has 1 aliphatic carbocycles. The van der Waals surface area contributed by atoms with Gasteiger partial charge in [0.05, 0.1) is 13.2 Å². The first-order valence-electron chi connectivity index (χ1n) is 13.3. The topological polar surface area (TPSA) is 44.8 Å². The maximum Gasteiger partial charge on any atom is 0.335 e. The van der Waals surface area contributed by atoms with Gasteiger partial charge in [0.2, 0.25) is 0 Å². The van der Waals surface area contributed by atoms with Crippen molar-refractivity contribution in [1.82, 2.24) is 0 Å². The van der Waals surface area contributed by atoms with Gasteiger partial charge in [-0.05, 0) is 77.6 Å². The Hall–Kier alpha value is -2.95. The molecule has 3 aromatic rings. The lowest BCUT2D eigenvalue weighted by Crippen LogP contribution is -2.29. The van der Waals surface area contributed by atoms with Crippen LogP contribution in [-0.2, 0) is 44.7 Å². The van der Waals surface area contributed by atoms with Crippen molar-refractivity contribution < 1.29 is 19.0 Å². The number of carbonyl (C=O) groups is 1. The minimum Gasteiger partial charge on any atom is -0.464 e. The third-order valence-electron chi connectivity index (χ3n) is 6.94. The summed E-state index contributed by atoms with van der Waals surface area (Å²) in [6, 6.07) is 22.0. The van der Waals surface area contributed by atoms with E-state index in [1.807, 2.05) is 13.8 Å². The lowest BCUT2D eigenvalue weighted by atomic mass is 10.00. The van der Waals surface area contributed by atoms with E-state index in [9.17, 15) is 4.79 Å². The molecule has 4 heteroatoms. The zero-order chi connectivity index (χ0) is 25.5. The highest BCUT2D eigenvalue weighted by atomic mass is 16.6. The van der Waals surface area contributed by atoms with Crippen molar-refractivity contribution in [2.45, 2.75) is 65.6 Å². The first kappa shape index (κ1) is 26.1. The molecule has 36 heavy (non-hydrogen) atoms. The largest absolute Gasteiger partial charge is 0.464 e. The molecule has 1 aliphatic rings. The van der Waals surface area contributed by atoms with Gasteiger partial charge in [0.15, 0.2) is 6.10 Å². The standard InChI is InChI=1S/C32H38O4/c1-5-22-13-15-26-28(19-22)29-20-23(6-2)14-16-27(29)31(26)36-18-17-24-9-11-25(12-10-24)21-30(34-7-3)32(33)35-8-4/h9-16,19-20,30-31H,5-8,17-18,21H2,1-4H3. The van der Waals surface area contributed by atoms with Gasteiger partial charge in [-0.3, -0.25) is 0 Å². The van der Waals surface area contributed by atoms with Crippen molar-refractivity contribution in [2.24, 2.45) is 0 Å². The van der Waals surface area contributed by atoms with E-state index in [0.717, 1.165) is 24.8 Å². The molecule has 0 radical (unpaired) electrons. The average molecular weight is 487 g/mol. The molecule has 0 saturated carbocycles. The summed E-state index contributed by atoms with van der Waals surface area (Å²) >= 11 is 0. The molecule has 0 spiro atoms. The Morgan fingerprint density at radius 3 is 1.83 bits per heavy atom. The molecule has 0 aromatic heterocycles. The van der Waals surface area contributed by atoms with Gasteiger partial charge in [-0.2, -0.15) is 0 Å². The van der Waals surface area contributed by atoms with Gasteiger partial charge in [0.25, 0.3) is 0 Å². The van der Waals surface area contributed by atoms with Crippen molar-refractivity contribution in [1.29, 1.82) is 0 Å². The van der Waals surface area contributed by atoms with Gasteiger partial charge in [-0.1, -0.05) is 74.5 Å². The number of esters is 1. The number of ether oxygens (including phenoxy) is 3. The highest BCUT2D eigenvalue weighted by Crippen LogP contribution is 2.46. The van der Waals surface area contributed by atoms with Crippen molar-refractivity contribution >= 4 is 5.97 Å². The first-order valence-corrected chi connectivity index (χ1v) is 13.3. The summed E-state index contributed by atoms with van der Waals surface area (Å²) in [4.78, 5) is 12.2. The second-order valence-electron chi connectivity index (χ2n) is 9.27. The number of hydrogen-bond acceptors (Lipinski definition) is 4. The highest BCUT2D eigenvalue weighted by molar-refractivity contribution is 5.79. The van der Waals surface area contributed by atoms with Crippen LogP contribution in [0.5, 0.6) is 0 Å². The summed E-state index contributed by atoms with van der Waals surface area (Å²) in [7, 11) is 0. The fourth-order valence-electron chi connectivity index (χ4n) is 4.91. The van der Waals surface area contributed by atoms with Crippen LogP contribution in [0.2, 0.25) is 0 Å². The Kier molecular flexibility index (Phi) is 8.95. The van der Waals surface area contributed by atoms with Crippen LogP contribution >= 0.6 is 0 Å². The molecule has 0 fully saturated rings. The van der Waals surface area contributed by atoms with E-state index in [-0.39, 0.29) is 12.1 Å². The van der Waals surface area contributed by atoms with E-state index in [4.69, 9.17) is 14.2 Å². The van der Waals surface area contributed by atoms with Gasteiger partial charge in [-0.15, -0.1) is 0 Å². The molecule has 0 bridgehead atoms. The molecule has 190 valence electrons. The Balaban J connectivity index is 1.41. The number of fused-ring (bicyclic) bond motifs is 3. The predicted molar refractivity (Wildman–Crippen MR) is 144 cm³/mol. The van der Waals surface area contributed by atoms with E-state index in [1.165, 1.54) is 38.9 Å². The van der Waals surface area contributed by atoms with E-state index in [1.54, 1.807) is 0 Å². The molecule has 0 heterocycles. The summed E-state index contributed by atoms with van der Waals surface area (Å²) in [5.74, 6) is -0.300. The van der Waals surface area contributed by atoms with Gasteiger partial charge < -0.3 is 14.2 Å². The Morgan fingerprint density at radius 2 is 1.31 bits per heavy atom. The van der Waals surface area contributed by atoms with Crippen molar-refractivity contribution in [2.75, 3.05) is 19.8 Å². The van der Waals surface area contributed by atoms with Gasteiger partial charge in [0, 0.05) is 13.0 Å². The molecule has 4 nitrogen and oxygen atoms in total. The van der Waals surface area contributed by atoms with Crippen LogP contribution < -0.4 is 0 Å².